The minimum Gasteiger partial charge on any atom is -0.391 e. The maximum Gasteiger partial charge on any atom is 0.150 e. The fraction of sp³-hybridized carbons (Fsp3) is 0.400. The number of aliphatic imine (C=N–C) groups is 1. The van der Waals surface area contributed by atoms with E-state index in [0.29, 0.717) is 5.56 Å². The molecule has 0 bridgehead atoms. The van der Waals surface area contributed by atoms with Gasteiger partial charge in [-0.15, -0.1) is 0 Å². The summed E-state index contributed by atoms with van der Waals surface area (Å²) >= 11 is 0. The number of carbonyl (C=O) groups is 1. The van der Waals surface area contributed by atoms with Gasteiger partial charge in [0.15, 0.2) is 6.29 Å². The van der Waals surface area contributed by atoms with E-state index < -0.39 is 6.10 Å². The quantitative estimate of drug-likeness (QED) is 0.379. The molecule has 5 nitrogen and oxygen atoms in total. The number of rotatable bonds is 5. The number of hydrogen-bond acceptors (Lipinski definition) is 4. The number of benzene rings is 2. The Labute approximate surface area is 147 Å². The molecule has 2 aromatic carbocycles. The molecule has 0 saturated heterocycles. The van der Waals surface area contributed by atoms with E-state index in [0.717, 1.165) is 54.0 Å². The van der Waals surface area contributed by atoms with E-state index in [1.54, 1.807) is 11.2 Å². The van der Waals surface area contributed by atoms with E-state index in [2.05, 4.69) is 4.99 Å². The zero-order chi connectivity index (χ0) is 17.8. The number of aldehydes is 1. The molecule has 1 aliphatic rings. The number of aliphatic hydroxyl groups excluding tert-OH is 2. The Kier molecular flexibility index (Phi) is 5.46. The molecule has 25 heavy (non-hydrogen) atoms. The van der Waals surface area contributed by atoms with E-state index in [9.17, 15) is 15.0 Å². The number of fused-ring (bicyclic) bond motifs is 1. The van der Waals surface area contributed by atoms with Gasteiger partial charge in [0.25, 0.3) is 0 Å². The molecule has 132 valence electrons. The molecule has 0 aromatic heterocycles. The molecule has 2 N–H and O–H groups in total. The van der Waals surface area contributed by atoms with Crippen molar-refractivity contribution in [2.24, 2.45) is 4.99 Å². The zero-order valence-electron chi connectivity index (χ0n) is 14.4. The second-order valence-electron chi connectivity index (χ2n) is 6.61. The van der Waals surface area contributed by atoms with E-state index in [-0.39, 0.29) is 12.8 Å². The van der Waals surface area contributed by atoms with Gasteiger partial charge in [-0.1, -0.05) is 37.1 Å². The molecule has 0 radical (unpaired) electrons. The van der Waals surface area contributed by atoms with Gasteiger partial charge in [-0.3, -0.25) is 4.79 Å². The zero-order valence-corrected chi connectivity index (χ0v) is 14.4. The Hall–Kier alpha value is -2.24. The van der Waals surface area contributed by atoms with Gasteiger partial charge >= 0.3 is 0 Å². The topological polar surface area (TPSA) is 73.1 Å². The van der Waals surface area contributed by atoms with Gasteiger partial charge in [0.1, 0.15) is 6.73 Å². The van der Waals surface area contributed by atoms with Gasteiger partial charge in [-0.2, -0.15) is 0 Å². The normalized spacial score (nSPS) is 20.9. The summed E-state index contributed by atoms with van der Waals surface area (Å²) in [5.74, 6) is 0. The van der Waals surface area contributed by atoms with Crippen LogP contribution in [-0.4, -0.2) is 46.6 Å². The van der Waals surface area contributed by atoms with Gasteiger partial charge in [0.2, 0.25) is 0 Å². The van der Waals surface area contributed by atoms with Crippen LogP contribution in [0.15, 0.2) is 35.3 Å². The molecule has 5 heteroatoms. The van der Waals surface area contributed by atoms with Gasteiger partial charge in [-0.25, -0.2) is 4.99 Å². The molecule has 0 amide bonds. The minimum absolute atomic E-state index is 0.108. The predicted molar refractivity (Wildman–Crippen MR) is 99.4 cm³/mol. The van der Waals surface area contributed by atoms with Crippen LogP contribution in [0.5, 0.6) is 0 Å². The van der Waals surface area contributed by atoms with Crippen LogP contribution in [0.4, 0.5) is 5.69 Å². The molecule has 0 aliphatic heterocycles. The summed E-state index contributed by atoms with van der Waals surface area (Å²) in [7, 11) is 0. The first-order chi connectivity index (χ1) is 12.2. The third kappa shape index (κ3) is 3.57. The summed E-state index contributed by atoms with van der Waals surface area (Å²) in [6.07, 6.45) is 5.70. The standard InChI is InChI=1S/C20H24N2O3/c1-14-10-15(11-23)16-6-2-3-7-17(16)20(14)21-12-22(13-24)18-8-4-5-9-19(18)25/h2-3,6-7,10-12,18-19,24-25H,4-5,8-9,13H2,1H3. The largest absolute Gasteiger partial charge is 0.391 e. The summed E-state index contributed by atoms with van der Waals surface area (Å²) in [5, 5.41) is 21.7. The third-order valence-corrected chi connectivity index (χ3v) is 4.98. The average molecular weight is 340 g/mol. The van der Waals surface area contributed by atoms with Crippen LogP contribution in [0.25, 0.3) is 10.8 Å². The van der Waals surface area contributed by atoms with Crippen LogP contribution in [0.2, 0.25) is 0 Å². The van der Waals surface area contributed by atoms with E-state index >= 15 is 0 Å². The summed E-state index contributed by atoms with van der Waals surface area (Å²) in [6.45, 7) is 1.74. The molecular formula is C20H24N2O3. The summed E-state index contributed by atoms with van der Waals surface area (Å²) in [4.78, 5) is 17.6. The maximum atomic E-state index is 11.3. The van der Waals surface area contributed by atoms with Crippen LogP contribution < -0.4 is 0 Å². The monoisotopic (exact) mass is 340 g/mol. The summed E-state index contributed by atoms with van der Waals surface area (Å²) < 4.78 is 0. The second kappa shape index (κ2) is 7.76. The molecular weight excluding hydrogens is 316 g/mol. The number of aliphatic hydroxyl groups is 2. The Morgan fingerprint density at radius 1 is 1.24 bits per heavy atom. The molecule has 1 fully saturated rings. The highest BCUT2D eigenvalue weighted by molar-refractivity contribution is 6.04. The minimum atomic E-state index is -0.442. The van der Waals surface area contributed by atoms with Crippen molar-refractivity contribution >= 4 is 29.1 Å². The highest BCUT2D eigenvalue weighted by Crippen LogP contribution is 2.32. The molecule has 1 aliphatic carbocycles. The van der Waals surface area contributed by atoms with Crippen molar-refractivity contribution < 1.29 is 15.0 Å². The maximum absolute atomic E-state index is 11.3. The Morgan fingerprint density at radius 2 is 1.96 bits per heavy atom. The van der Waals surface area contributed by atoms with Crippen LogP contribution >= 0.6 is 0 Å². The first-order valence-corrected chi connectivity index (χ1v) is 8.72. The number of carbonyl (C=O) groups excluding carboxylic acids is 1. The van der Waals surface area contributed by atoms with Crippen molar-refractivity contribution in [3.8, 4) is 0 Å². The molecule has 0 heterocycles. The number of hydrogen-bond donors (Lipinski definition) is 2. The molecule has 2 unspecified atom stereocenters. The first-order valence-electron chi connectivity index (χ1n) is 8.72. The average Bonchev–Trinajstić information content (AvgIpc) is 2.64. The molecule has 2 aromatic rings. The smallest absolute Gasteiger partial charge is 0.150 e. The van der Waals surface area contributed by atoms with Crippen molar-refractivity contribution in [2.75, 3.05) is 6.73 Å². The van der Waals surface area contributed by atoms with E-state index in [1.165, 1.54) is 0 Å². The van der Waals surface area contributed by atoms with Gasteiger partial charge in [-0.05, 0) is 36.8 Å². The van der Waals surface area contributed by atoms with Gasteiger partial charge in [0.05, 0.1) is 24.2 Å². The number of aryl methyl sites for hydroxylation is 1. The van der Waals surface area contributed by atoms with Crippen LogP contribution in [0.1, 0.15) is 41.6 Å². The lowest BCUT2D eigenvalue weighted by Crippen LogP contribution is -2.45. The fourth-order valence-corrected chi connectivity index (χ4v) is 3.64. The predicted octanol–water partition coefficient (Wildman–Crippen LogP) is 3.18. The van der Waals surface area contributed by atoms with E-state index in [1.807, 2.05) is 37.3 Å². The molecule has 3 rings (SSSR count). The Balaban J connectivity index is 1.97. The number of nitrogens with zero attached hydrogens (tertiary/aromatic N) is 2. The second-order valence-corrected chi connectivity index (χ2v) is 6.61. The lowest BCUT2D eigenvalue weighted by Gasteiger charge is -2.35. The van der Waals surface area contributed by atoms with Gasteiger partial charge in [0, 0.05) is 10.9 Å². The summed E-state index contributed by atoms with van der Waals surface area (Å²) in [5.41, 5.74) is 2.33. The van der Waals surface area contributed by atoms with Gasteiger partial charge < -0.3 is 15.1 Å². The van der Waals surface area contributed by atoms with Crippen molar-refractivity contribution in [1.82, 2.24) is 4.90 Å². The van der Waals surface area contributed by atoms with Crippen molar-refractivity contribution in [2.45, 2.75) is 44.8 Å². The highest BCUT2D eigenvalue weighted by Gasteiger charge is 2.27. The molecule has 0 spiro atoms. The fourth-order valence-electron chi connectivity index (χ4n) is 3.64. The van der Waals surface area contributed by atoms with Crippen LogP contribution in [0.3, 0.4) is 0 Å². The van der Waals surface area contributed by atoms with Crippen molar-refractivity contribution in [3.63, 3.8) is 0 Å². The molecule has 2 atom stereocenters. The lowest BCUT2D eigenvalue weighted by molar-refractivity contribution is 0.0205. The Morgan fingerprint density at radius 3 is 2.64 bits per heavy atom. The molecule has 1 saturated carbocycles. The van der Waals surface area contributed by atoms with E-state index in [4.69, 9.17) is 0 Å². The van der Waals surface area contributed by atoms with Crippen LogP contribution in [-0.2, 0) is 0 Å². The Bertz CT molecular complexity index is 788. The first kappa shape index (κ1) is 17.6. The SMILES string of the molecule is Cc1cc(C=O)c2ccccc2c1N=CN(CO)C1CCCCC1O. The third-order valence-electron chi connectivity index (χ3n) is 4.98. The highest BCUT2D eigenvalue weighted by atomic mass is 16.3. The van der Waals surface area contributed by atoms with Crippen molar-refractivity contribution in [3.05, 3.63) is 41.5 Å². The lowest BCUT2D eigenvalue weighted by atomic mass is 9.92. The summed E-state index contributed by atoms with van der Waals surface area (Å²) in [6, 6.07) is 9.40. The van der Waals surface area contributed by atoms with Crippen LogP contribution in [0, 0.1) is 6.92 Å². The van der Waals surface area contributed by atoms with Crippen molar-refractivity contribution in [1.29, 1.82) is 0 Å².